The highest BCUT2D eigenvalue weighted by atomic mass is 16.6. The minimum atomic E-state index is -0.776. The van der Waals surface area contributed by atoms with Gasteiger partial charge >= 0.3 is 17.9 Å². The zero-order chi connectivity index (χ0) is 59.9. The summed E-state index contributed by atoms with van der Waals surface area (Å²) >= 11 is 0. The highest BCUT2D eigenvalue weighted by Crippen LogP contribution is 2.19. The third-order valence-electron chi connectivity index (χ3n) is 17.4. The highest BCUT2D eigenvalue weighted by Gasteiger charge is 2.20. The van der Waals surface area contributed by atoms with Gasteiger partial charge in [0.25, 0.3) is 0 Å². The lowest BCUT2D eigenvalue weighted by atomic mass is 10.0. The summed E-state index contributed by atoms with van der Waals surface area (Å²) in [5.74, 6) is -0.850. The predicted molar refractivity (Wildman–Crippen MR) is 363 cm³/mol. The minimum absolute atomic E-state index is 0.0702. The molecule has 490 valence electrons. The van der Waals surface area contributed by atoms with Gasteiger partial charge in [0.05, 0.1) is 0 Å². The monoisotopic (exact) mass is 1170 g/mol. The molecule has 6 heteroatoms. The van der Waals surface area contributed by atoms with Gasteiger partial charge in [-0.15, -0.1) is 0 Å². The second-order valence-corrected chi connectivity index (χ2v) is 25.9. The molecule has 0 aromatic rings. The van der Waals surface area contributed by atoms with Gasteiger partial charge in [0, 0.05) is 19.3 Å². The molecule has 0 radical (unpaired) electrons. The summed E-state index contributed by atoms with van der Waals surface area (Å²) in [6.45, 7) is 6.71. The second kappa shape index (κ2) is 72.4. The van der Waals surface area contributed by atoms with Crippen molar-refractivity contribution in [2.75, 3.05) is 13.2 Å². The Balaban J connectivity index is 4.17. The summed E-state index contributed by atoms with van der Waals surface area (Å²) in [6, 6.07) is 0. The van der Waals surface area contributed by atoms with Crippen LogP contribution in [0.1, 0.15) is 432 Å². The maximum Gasteiger partial charge on any atom is 0.306 e. The van der Waals surface area contributed by atoms with E-state index in [0.29, 0.717) is 19.3 Å². The van der Waals surface area contributed by atoms with Crippen LogP contribution in [0.4, 0.5) is 0 Å². The highest BCUT2D eigenvalue weighted by molar-refractivity contribution is 5.71. The lowest BCUT2D eigenvalue weighted by molar-refractivity contribution is -0.167. The van der Waals surface area contributed by atoms with Crippen LogP contribution in [-0.4, -0.2) is 37.2 Å². The van der Waals surface area contributed by atoms with E-state index in [1.54, 1.807) is 0 Å². The SMILES string of the molecule is CCCCCCCCC/C=C\CCCCCCCCCC(=O)OC(COC(=O)CCCCCCC/C=C\CCCCCCCCC)COC(=O)CCCCCCCCCCCCCCCCCCCCCCCCCCCCCCCCC. The molecule has 0 aliphatic heterocycles. The Bertz CT molecular complexity index is 1340. The third-order valence-corrected chi connectivity index (χ3v) is 17.4. The van der Waals surface area contributed by atoms with Crippen LogP contribution in [0, 0.1) is 0 Å². The van der Waals surface area contributed by atoms with Crippen molar-refractivity contribution in [3.63, 3.8) is 0 Å². The Morgan fingerprint density at radius 2 is 0.398 bits per heavy atom. The average molecular weight is 1170 g/mol. The van der Waals surface area contributed by atoms with Crippen molar-refractivity contribution in [1.29, 1.82) is 0 Å². The van der Waals surface area contributed by atoms with Crippen LogP contribution in [0.3, 0.4) is 0 Å². The van der Waals surface area contributed by atoms with Crippen LogP contribution in [0.15, 0.2) is 24.3 Å². The standard InChI is InChI=1S/C77H146O6/c1-4-7-10-13-16-19-22-25-28-31-33-34-35-36-37-38-39-40-41-42-43-44-45-47-49-52-55-58-61-64-67-70-76(79)82-73-74(72-81-75(78)69-66-63-60-57-54-51-48-30-27-24-21-18-15-12-9-6-3)83-77(80)71-68-65-62-59-56-53-50-46-32-29-26-23-20-17-14-11-8-5-2/h29-30,32,48,74H,4-28,31,33-47,49-73H2,1-3H3/b32-29-,48-30-. The van der Waals surface area contributed by atoms with Gasteiger partial charge in [0.1, 0.15) is 13.2 Å². The number of hydrogen-bond donors (Lipinski definition) is 0. The Morgan fingerprint density at radius 1 is 0.229 bits per heavy atom. The molecule has 0 fully saturated rings. The van der Waals surface area contributed by atoms with E-state index in [1.165, 1.54) is 327 Å². The number of rotatable bonds is 71. The first-order valence-corrected chi connectivity index (χ1v) is 37.8. The number of ether oxygens (including phenoxy) is 3. The van der Waals surface area contributed by atoms with E-state index in [-0.39, 0.29) is 31.1 Å². The maximum absolute atomic E-state index is 13.0. The molecular weight excluding hydrogens is 1020 g/mol. The van der Waals surface area contributed by atoms with Gasteiger partial charge in [-0.1, -0.05) is 366 Å². The van der Waals surface area contributed by atoms with Crippen molar-refractivity contribution in [3.05, 3.63) is 24.3 Å². The first-order valence-electron chi connectivity index (χ1n) is 37.8. The number of carbonyl (C=O) groups excluding carboxylic acids is 3. The van der Waals surface area contributed by atoms with E-state index in [0.717, 1.165) is 64.2 Å². The first kappa shape index (κ1) is 80.9. The number of unbranched alkanes of at least 4 members (excludes halogenated alkanes) is 56. The lowest BCUT2D eigenvalue weighted by Gasteiger charge is -2.18. The fourth-order valence-corrected chi connectivity index (χ4v) is 11.7. The quantitative estimate of drug-likeness (QED) is 0.0261. The van der Waals surface area contributed by atoms with Crippen LogP contribution in [0.5, 0.6) is 0 Å². The lowest BCUT2D eigenvalue weighted by Crippen LogP contribution is -2.30. The van der Waals surface area contributed by atoms with Crippen molar-refractivity contribution in [3.8, 4) is 0 Å². The fraction of sp³-hybridized carbons (Fsp3) is 0.909. The van der Waals surface area contributed by atoms with Crippen LogP contribution >= 0.6 is 0 Å². The summed E-state index contributed by atoms with van der Waals surface area (Å²) < 4.78 is 17.0. The van der Waals surface area contributed by atoms with Gasteiger partial charge in [0.15, 0.2) is 6.10 Å². The molecule has 0 bridgehead atoms. The predicted octanol–water partition coefficient (Wildman–Crippen LogP) is 26.1. The Hall–Kier alpha value is -2.11. The number of allylic oxidation sites excluding steroid dienone is 4. The van der Waals surface area contributed by atoms with E-state index in [2.05, 4.69) is 45.1 Å². The smallest absolute Gasteiger partial charge is 0.306 e. The topological polar surface area (TPSA) is 78.9 Å². The molecule has 83 heavy (non-hydrogen) atoms. The van der Waals surface area contributed by atoms with Gasteiger partial charge in [-0.2, -0.15) is 0 Å². The van der Waals surface area contributed by atoms with Gasteiger partial charge < -0.3 is 14.2 Å². The minimum Gasteiger partial charge on any atom is -0.462 e. The molecule has 0 heterocycles. The van der Waals surface area contributed by atoms with Gasteiger partial charge in [-0.25, -0.2) is 0 Å². The zero-order valence-electron chi connectivity index (χ0n) is 56.5. The molecule has 0 amide bonds. The molecule has 6 nitrogen and oxygen atoms in total. The summed E-state index contributed by atoms with van der Waals surface area (Å²) in [7, 11) is 0. The molecule has 0 saturated heterocycles. The van der Waals surface area contributed by atoms with E-state index in [4.69, 9.17) is 14.2 Å². The molecule has 0 aromatic carbocycles. The zero-order valence-corrected chi connectivity index (χ0v) is 56.5. The van der Waals surface area contributed by atoms with Crippen LogP contribution < -0.4 is 0 Å². The van der Waals surface area contributed by atoms with Crippen molar-refractivity contribution in [1.82, 2.24) is 0 Å². The Morgan fingerprint density at radius 3 is 0.602 bits per heavy atom. The summed E-state index contributed by atoms with van der Waals surface area (Å²) in [6.07, 6.45) is 89.5. The molecule has 0 spiro atoms. The molecular formula is C77H146O6. The first-order chi connectivity index (χ1) is 41.0. The molecule has 0 aliphatic carbocycles. The second-order valence-electron chi connectivity index (χ2n) is 25.9. The van der Waals surface area contributed by atoms with E-state index >= 15 is 0 Å². The van der Waals surface area contributed by atoms with Crippen LogP contribution in [0.25, 0.3) is 0 Å². The third kappa shape index (κ3) is 70.5. The van der Waals surface area contributed by atoms with Crippen molar-refractivity contribution < 1.29 is 28.6 Å². The normalized spacial score (nSPS) is 12.1. The summed E-state index contributed by atoms with van der Waals surface area (Å²) in [5, 5.41) is 0. The summed E-state index contributed by atoms with van der Waals surface area (Å²) in [4.78, 5) is 38.5. The van der Waals surface area contributed by atoms with Crippen molar-refractivity contribution in [2.45, 2.75) is 438 Å². The van der Waals surface area contributed by atoms with Crippen LogP contribution in [0.2, 0.25) is 0 Å². The van der Waals surface area contributed by atoms with Crippen molar-refractivity contribution >= 4 is 17.9 Å². The number of carbonyl (C=O) groups is 3. The number of esters is 3. The Labute approximate surface area is 519 Å². The van der Waals surface area contributed by atoms with Gasteiger partial charge in [0.2, 0.25) is 0 Å². The number of hydrogen-bond acceptors (Lipinski definition) is 6. The molecule has 0 aromatic heterocycles. The Kier molecular flexibility index (Phi) is 70.5. The molecule has 0 N–H and O–H groups in total. The van der Waals surface area contributed by atoms with E-state index < -0.39 is 6.10 Å². The molecule has 0 aliphatic rings. The van der Waals surface area contributed by atoms with E-state index in [9.17, 15) is 14.4 Å². The van der Waals surface area contributed by atoms with Gasteiger partial charge in [-0.3, -0.25) is 14.4 Å². The molecule has 0 rings (SSSR count). The fourth-order valence-electron chi connectivity index (χ4n) is 11.7. The van der Waals surface area contributed by atoms with Gasteiger partial charge in [-0.05, 0) is 70.6 Å². The molecule has 1 atom stereocenters. The van der Waals surface area contributed by atoms with E-state index in [1.807, 2.05) is 0 Å². The van der Waals surface area contributed by atoms with Crippen LogP contribution in [-0.2, 0) is 28.6 Å². The maximum atomic E-state index is 13.0. The largest absolute Gasteiger partial charge is 0.462 e. The molecule has 0 saturated carbocycles. The molecule has 1 unspecified atom stereocenters. The average Bonchev–Trinajstić information content (AvgIpc) is 3.50. The summed E-state index contributed by atoms with van der Waals surface area (Å²) in [5.41, 5.74) is 0. The van der Waals surface area contributed by atoms with Crippen molar-refractivity contribution in [2.24, 2.45) is 0 Å².